The Balaban J connectivity index is 4.16. The van der Waals surface area contributed by atoms with Crippen molar-refractivity contribution >= 4 is 15.9 Å². The summed E-state index contributed by atoms with van der Waals surface area (Å²) in [6.07, 6.45) is 0. The van der Waals surface area contributed by atoms with Crippen LogP contribution in [0.2, 0.25) is 0 Å². The van der Waals surface area contributed by atoms with Crippen molar-refractivity contribution in [1.82, 2.24) is 10.0 Å². The largest absolute Gasteiger partial charge is 0.383 e. The first-order valence-electron chi connectivity index (χ1n) is 5.09. The Bertz CT molecular complexity index is 313. The van der Waals surface area contributed by atoms with E-state index in [-0.39, 0.29) is 5.91 Å². The van der Waals surface area contributed by atoms with Crippen LogP contribution < -0.4 is 10.0 Å². The lowest BCUT2D eigenvalue weighted by Gasteiger charge is -2.15. The van der Waals surface area contributed by atoms with Gasteiger partial charge in [-0.1, -0.05) is 0 Å². The molecule has 0 heterocycles. The van der Waals surface area contributed by atoms with E-state index in [4.69, 9.17) is 4.74 Å². The van der Waals surface area contributed by atoms with E-state index in [1.807, 2.05) is 0 Å². The van der Waals surface area contributed by atoms with Gasteiger partial charge in [-0.25, -0.2) is 13.1 Å². The fourth-order valence-corrected chi connectivity index (χ4v) is 1.74. The second-order valence-electron chi connectivity index (χ2n) is 3.72. The molecule has 0 saturated heterocycles. The van der Waals surface area contributed by atoms with Crippen molar-refractivity contribution in [2.45, 2.75) is 32.1 Å². The molecule has 0 aromatic carbocycles. The number of rotatable bonds is 7. The zero-order valence-electron chi connectivity index (χ0n) is 10.1. The van der Waals surface area contributed by atoms with Gasteiger partial charge in [0.1, 0.15) is 0 Å². The van der Waals surface area contributed by atoms with E-state index in [9.17, 15) is 13.2 Å². The second kappa shape index (κ2) is 6.82. The lowest BCUT2D eigenvalue weighted by Crippen LogP contribution is -2.47. The Morgan fingerprint density at radius 2 is 1.88 bits per heavy atom. The van der Waals surface area contributed by atoms with Gasteiger partial charge in [0.2, 0.25) is 15.9 Å². The summed E-state index contributed by atoms with van der Waals surface area (Å²) in [5.41, 5.74) is 0. The predicted octanol–water partition coefficient (Wildman–Crippen LogP) is -0.535. The molecule has 0 radical (unpaired) electrons. The minimum atomic E-state index is -3.42. The van der Waals surface area contributed by atoms with E-state index in [0.29, 0.717) is 13.2 Å². The third-order valence-electron chi connectivity index (χ3n) is 1.96. The summed E-state index contributed by atoms with van der Waals surface area (Å²) >= 11 is 0. The summed E-state index contributed by atoms with van der Waals surface area (Å²) in [5, 5.41) is 2.00. The van der Waals surface area contributed by atoms with Crippen LogP contribution in [-0.4, -0.2) is 45.9 Å². The van der Waals surface area contributed by atoms with Gasteiger partial charge in [0, 0.05) is 13.7 Å². The quantitative estimate of drug-likeness (QED) is 0.596. The normalized spacial score (nSPS) is 13.8. The molecule has 1 amide bonds. The average Bonchev–Trinajstić information content (AvgIpc) is 2.17. The highest BCUT2D eigenvalue weighted by Gasteiger charge is 2.22. The minimum Gasteiger partial charge on any atom is -0.383 e. The monoisotopic (exact) mass is 252 g/mol. The second-order valence-corrected chi connectivity index (χ2v) is 5.99. The van der Waals surface area contributed by atoms with Gasteiger partial charge in [-0.05, 0) is 20.8 Å². The predicted molar refractivity (Wildman–Crippen MR) is 61.5 cm³/mol. The summed E-state index contributed by atoms with van der Waals surface area (Å²) in [6.45, 7) is 5.37. The molecule has 1 atom stereocenters. The van der Waals surface area contributed by atoms with Crippen LogP contribution in [0.25, 0.3) is 0 Å². The van der Waals surface area contributed by atoms with Crippen molar-refractivity contribution in [3.8, 4) is 0 Å². The molecule has 0 fully saturated rings. The minimum absolute atomic E-state index is 0.360. The standard InChI is InChI=1S/C9H20N2O4S/c1-7(2)16(13,14)11-8(3)9(12)10-5-6-15-4/h7-8,11H,5-6H2,1-4H3,(H,10,12). The molecule has 0 aliphatic carbocycles. The maximum absolute atomic E-state index is 11.5. The molecular weight excluding hydrogens is 232 g/mol. The fraction of sp³-hybridized carbons (Fsp3) is 0.889. The number of sulfonamides is 1. The van der Waals surface area contributed by atoms with Gasteiger partial charge in [0.15, 0.2) is 0 Å². The first-order chi connectivity index (χ1) is 7.31. The zero-order valence-corrected chi connectivity index (χ0v) is 10.9. The number of methoxy groups -OCH3 is 1. The van der Waals surface area contributed by atoms with Crippen LogP contribution in [0.1, 0.15) is 20.8 Å². The van der Waals surface area contributed by atoms with Crippen molar-refractivity contribution in [3.05, 3.63) is 0 Å². The van der Waals surface area contributed by atoms with E-state index in [1.165, 1.54) is 14.0 Å². The van der Waals surface area contributed by atoms with Gasteiger partial charge in [0.25, 0.3) is 0 Å². The van der Waals surface area contributed by atoms with Gasteiger partial charge in [-0.15, -0.1) is 0 Å². The van der Waals surface area contributed by atoms with Gasteiger partial charge in [0.05, 0.1) is 17.9 Å². The van der Waals surface area contributed by atoms with Gasteiger partial charge in [-0.3, -0.25) is 4.79 Å². The third-order valence-corrected chi connectivity index (χ3v) is 3.88. The van der Waals surface area contributed by atoms with Crippen LogP contribution in [0.3, 0.4) is 0 Å². The van der Waals surface area contributed by atoms with Crippen molar-refractivity contribution in [1.29, 1.82) is 0 Å². The Hall–Kier alpha value is -0.660. The molecule has 96 valence electrons. The van der Waals surface area contributed by atoms with Crippen LogP contribution in [0.4, 0.5) is 0 Å². The lowest BCUT2D eigenvalue weighted by molar-refractivity contribution is -0.122. The number of carbonyl (C=O) groups is 1. The van der Waals surface area contributed by atoms with E-state index < -0.39 is 21.3 Å². The van der Waals surface area contributed by atoms with Crippen LogP contribution in [-0.2, 0) is 19.6 Å². The molecule has 16 heavy (non-hydrogen) atoms. The molecule has 7 heteroatoms. The Morgan fingerprint density at radius 1 is 1.31 bits per heavy atom. The molecule has 6 nitrogen and oxygen atoms in total. The molecule has 0 aliphatic heterocycles. The lowest BCUT2D eigenvalue weighted by atomic mass is 10.3. The first kappa shape index (κ1) is 15.3. The van der Waals surface area contributed by atoms with Gasteiger partial charge < -0.3 is 10.1 Å². The summed E-state index contributed by atoms with van der Waals surface area (Å²) < 4.78 is 30.0. The summed E-state index contributed by atoms with van der Waals surface area (Å²) in [7, 11) is -1.89. The van der Waals surface area contributed by atoms with Crippen molar-refractivity contribution in [3.63, 3.8) is 0 Å². The van der Waals surface area contributed by atoms with E-state index in [2.05, 4.69) is 10.0 Å². The summed E-state index contributed by atoms with van der Waals surface area (Å²) in [5.74, 6) is -0.360. The molecule has 0 spiro atoms. The zero-order chi connectivity index (χ0) is 12.8. The topological polar surface area (TPSA) is 84.5 Å². The molecule has 0 aliphatic rings. The number of hydrogen-bond acceptors (Lipinski definition) is 4. The maximum atomic E-state index is 11.5. The molecule has 0 aromatic rings. The summed E-state index contributed by atoms with van der Waals surface area (Å²) in [4.78, 5) is 11.4. The number of hydrogen-bond donors (Lipinski definition) is 2. The van der Waals surface area contributed by atoms with Gasteiger partial charge >= 0.3 is 0 Å². The summed E-state index contributed by atoms with van der Waals surface area (Å²) in [6, 6.07) is -0.774. The number of ether oxygens (including phenoxy) is 1. The number of nitrogens with one attached hydrogen (secondary N) is 2. The molecule has 0 saturated carbocycles. The van der Waals surface area contributed by atoms with E-state index in [0.717, 1.165) is 0 Å². The molecule has 0 bridgehead atoms. The van der Waals surface area contributed by atoms with Crippen molar-refractivity contribution in [2.75, 3.05) is 20.3 Å². The maximum Gasteiger partial charge on any atom is 0.237 e. The SMILES string of the molecule is COCCNC(=O)C(C)NS(=O)(=O)C(C)C. The van der Waals surface area contributed by atoms with E-state index in [1.54, 1.807) is 13.8 Å². The van der Waals surface area contributed by atoms with Crippen molar-refractivity contribution in [2.24, 2.45) is 0 Å². The van der Waals surface area contributed by atoms with Crippen LogP contribution >= 0.6 is 0 Å². The molecule has 1 unspecified atom stereocenters. The first-order valence-corrected chi connectivity index (χ1v) is 6.63. The smallest absolute Gasteiger partial charge is 0.237 e. The molecule has 0 aromatic heterocycles. The highest BCUT2D eigenvalue weighted by atomic mass is 32.2. The molecule has 2 N–H and O–H groups in total. The molecular formula is C9H20N2O4S. The van der Waals surface area contributed by atoms with Crippen LogP contribution in [0.5, 0.6) is 0 Å². The number of carbonyl (C=O) groups excluding carboxylic acids is 1. The van der Waals surface area contributed by atoms with E-state index >= 15 is 0 Å². The van der Waals surface area contributed by atoms with Gasteiger partial charge in [-0.2, -0.15) is 0 Å². The van der Waals surface area contributed by atoms with Crippen LogP contribution in [0, 0.1) is 0 Å². The van der Waals surface area contributed by atoms with Crippen LogP contribution in [0.15, 0.2) is 0 Å². The fourth-order valence-electron chi connectivity index (χ4n) is 0.865. The highest BCUT2D eigenvalue weighted by molar-refractivity contribution is 7.90. The number of amides is 1. The third kappa shape index (κ3) is 5.43. The average molecular weight is 252 g/mol. The highest BCUT2D eigenvalue weighted by Crippen LogP contribution is 1.98. The Kier molecular flexibility index (Phi) is 6.54. The Morgan fingerprint density at radius 3 is 2.31 bits per heavy atom. The Labute approximate surface area is 96.8 Å². The molecule has 0 rings (SSSR count). The van der Waals surface area contributed by atoms with Crippen molar-refractivity contribution < 1.29 is 17.9 Å².